The number of ether oxygens (including phenoxy) is 3. The van der Waals surface area contributed by atoms with Crippen molar-refractivity contribution in [1.82, 2.24) is 0 Å². The van der Waals surface area contributed by atoms with E-state index in [2.05, 4.69) is 0 Å². The molecule has 0 unspecified atom stereocenters. The van der Waals surface area contributed by atoms with E-state index < -0.39 is 24.6 Å². The van der Waals surface area contributed by atoms with Crippen LogP contribution in [0.4, 0.5) is 0 Å². The molecular weight excluding hydrogens is 280 g/mol. The van der Waals surface area contributed by atoms with Crippen LogP contribution in [-0.2, 0) is 19.7 Å². The summed E-state index contributed by atoms with van der Waals surface area (Å²) in [6.07, 6.45) is 0. The lowest BCUT2D eigenvalue weighted by Gasteiger charge is -2.25. The van der Waals surface area contributed by atoms with Crippen molar-refractivity contribution in [3.63, 3.8) is 0 Å². The third-order valence-corrected chi connectivity index (χ3v) is 3.10. The first-order valence-electron chi connectivity index (χ1n) is 6.36. The summed E-state index contributed by atoms with van der Waals surface area (Å²) in [5.41, 5.74) is -1.42. The van der Waals surface area contributed by atoms with E-state index in [4.69, 9.17) is 14.2 Å². The van der Waals surface area contributed by atoms with Crippen LogP contribution < -0.4 is 4.74 Å². The predicted molar refractivity (Wildman–Crippen MR) is 73.3 cm³/mol. The Kier molecular flexibility index (Phi) is 7.10. The van der Waals surface area contributed by atoms with E-state index in [1.54, 1.807) is 19.2 Å². The first kappa shape index (κ1) is 17.4. The standard InChI is InChI=1S/C14H20O7/c1-19-6-7-20-10-21-12-4-2-11(3-5-12)14(8-15,9-16)13(17)18/h2-5,15-16H,6-10H2,1H3,(H,17,18). The van der Waals surface area contributed by atoms with Crippen LogP contribution in [0.5, 0.6) is 5.75 Å². The number of aliphatic carboxylic acids is 1. The number of hydrogen-bond acceptors (Lipinski definition) is 6. The summed E-state index contributed by atoms with van der Waals surface area (Å²) in [6.45, 7) is -0.465. The number of carboxylic acids is 1. The fraction of sp³-hybridized carbons (Fsp3) is 0.500. The zero-order valence-electron chi connectivity index (χ0n) is 11.8. The topological polar surface area (TPSA) is 105 Å². The Balaban J connectivity index is 2.66. The van der Waals surface area contributed by atoms with E-state index in [1.165, 1.54) is 12.1 Å². The van der Waals surface area contributed by atoms with Crippen LogP contribution in [0.1, 0.15) is 5.56 Å². The summed E-state index contributed by atoms with van der Waals surface area (Å²) < 4.78 is 15.2. The molecule has 0 amide bonds. The quantitative estimate of drug-likeness (QED) is 0.412. The van der Waals surface area contributed by atoms with E-state index in [0.29, 0.717) is 24.5 Å². The highest BCUT2D eigenvalue weighted by Crippen LogP contribution is 2.26. The van der Waals surface area contributed by atoms with Crippen LogP contribution in [0.25, 0.3) is 0 Å². The van der Waals surface area contributed by atoms with E-state index in [1.807, 2.05) is 0 Å². The Morgan fingerprint density at radius 3 is 2.24 bits per heavy atom. The van der Waals surface area contributed by atoms with Crippen molar-refractivity contribution < 1.29 is 34.3 Å². The second kappa shape index (κ2) is 8.58. The normalized spacial score (nSPS) is 11.4. The molecule has 0 saturated heterocycles. The third-order valence-electron chi connectivity index (χ3n) is 3.10. The second-order valence-corrected chi connectivity index (χ2v) is 4.39. The molecule has 0 saturated carbocycles. The van der Waals surface area contributed by atoms with Gasteiger partial charge in [-0.25, -0.2) is 0 Å². The molecule has 1 aromatic rings. The SMILES string of the molecule is COCCOCOc1ccc(C(CO)(CO)C(=O)O)cc1. The maximum atomic E-state index is 11.3. The summed E-state index contributed by atoms with van der Waals surface area (Å²) in [6, 6.07) is 6.09. The van der Waals surface area contributed by atoms with E-state index >= 15 is 0 Å². The molecule has 0 aliphatic heterocycles. The molecule has 0 aliphatic carbocycles. The Labute approximate surface area is 122 Å². The van der Waals surface area contributed by atoms with Crippen molar-refractivity contribution in [2.75, 3.05) is 40.3 Å². The van der Waals surface area contributed by atoms with Crippen molar-refractivity contribution in [2.24, 2.45) is 0 Å². The predicted octanol–water partition coefficient (Wildman–Crippen LogP) is -0.00710. The number of carboxylic acid groups (broad SMARTS) is 1. The highest BCUT2D eigenvalue weighted by Gasteiger charge is 2.39. The van der Waals surface area contributed by atoms with Gasteiger partial charge >= 0.3 is 5.97 Å². The number of carbonyl (C=O) groups is 1. The lowest BCUT2D eigenvalue weighted by atomic mass is 9.82. The van der Waals surface area contributed by atoms with Gasteiger partial charge in [-0.15, -0.1) is 0 Å². The molecule has 7 heteroatoms. The maximum absolute atomic E-state index is 11.3. The first-order valence-corrected chi connectivity index (χ1v) is 6.36. The number of aliphatic hydroxyl groups excluding tert-OH is 2. The average Bonchev–Trinajstić information content (AvgIpc) is 2.50. The van der Waals surface area contributed by atoms with Crippen molar-refractivity contribution in [3.05, 3.63) is 29.8 Å². The fourth-order valence-electron chi connectivity index (χ4n) is 1.67. The molecule has 1 aromatic carbocycles. The molecule has 3 N–H and O–H groups in total. The van der Waals surface area contributed by atoms with Gasteiger partial charge in [-0.05, 0) is 17.7 Å². The van der Waals surface area contributed by atoms with Gasteiger partial charge in [-0.3, -0.25) is 4.79 Å². The zero-order valence-corrected chi connectivity index (χ0v) is 11.8. The highest BCUT2D eigenvalue weighted by atomic mass is 16.7. The minimum atomic E-state index is -1.71. The van der Waals surface area contributed by atoms with Crippen LogP contribution >= 0.6 is 0 Å². The lowest BCUT2D eigenvalue weighted by molar-refractivity contribution is -0.147. The van der Waals surface area contributed by atoms with Crippen molar-refractivity contribution in [3.8, 4) is 5.75 Å². The number of hydrogen-bond donors (Lipinski definition) is 3. The third kappa shape index (κ3) is 4.40. The van der Waals surface area contributed by atoms with Crippen LogP contribution in [0.3, 0.4) is 0 Å². The molecule has 0 spiro atoms. The van der Waals surface area contributed by atoms with E-state index in [9.17, 15) is 20.1 Å². The van der Waals surface area contributed by atoms with Crippen LogP contribution in [-0.4, -0.2) is 61.6 Å². The van der Waals surface area contributed by atoms with Gasteiger partial charge in [0.1, 0.15) is 11.2 Å². The highest BCUT2D eigenvalue weighted by molar-refractivity contribution is 5.81. The Morgan fingerprint density at radius 1 is 1.14 bits per heavy atom. The van der Waals surface area contributed by atoms with E-state index in [-0.39, 0.29) is 6.79 Å². The van der Waals surface area contributed by atoms with Gasteiger partial charge in [0.05, 0.1) is 26.4 Å². The lowest BCUT2D eigenvalue weighted by Crippen LogP contribution is -2.43. The van der Waals surface area contributed by atoms with Gasteiger partial charge in [-0.2, -0.15) is 0 Å². The van der Waals surface area contributed by atoms with Crippen molar-refractivity contribution in [2.45, 2.75) is 5.41 Å². The number of methoxy groups -OCH3 is 1. The second-order valence-electron chi connectivity index (χ2n) is 4.39. The molecule has 0 aliphatic rings. The Bertz CT molecular complexity index is 425. The summed E-state index contributed by atoms with van der Waals surface area (Å²) in [7, 11) is 1.57. The molecule has 0 fully saturated rings. The zero-order chi connectivity index (χ0) is 15.7. The molecule has 0 heterocycles. The summed E-state index contributed by atoms with van der Waals surface area (Å²) in [5, 5.41) is 27.8. The van der Waals surface area contributed by atoms with Gasteiger partial charge in [0.25, 0.3) is 0 Å². The minimum Gasteiger partial charge on any atom is -0.480 e. The molecule has 0 radical (unpaired) electrons. The van der Waals surface area contributed by atoms with Crippen LogP contribution in [0.15, 0.2) is 24.3 Å². The van der Waals surface area contributed by atoms with Gasteiger partial charge in [0.15, 0.2) is 6.79 Å². The molecule has 118 valence electrons. The monoisotopic (exact) mass is 300 g/mol. The number of rotatable bonds is 10. The molecule has 0 bridgehead atoms. The number of benzene rings is 1. The van der Waals surface area contributed by atoms with Crippen LogP contribution in [0.2, 0.25) is 0 Å². The summed E-state index contributed by atoms with van der Waals surface area (Å²) in [4.78, 5) is 11.3. The molecule has 0 atom stereocenters. The van der Waals surface area contributed by atoms with Crippen molar-refractivity contribution >= 4 is 5.97 Å². The van der Waals surface area contributed by atoms with Crippen molar-refractivity contribution in [1.29, 1.82) is 0 Å². The Morgan fingerprint density at radius 2 is 1.76 bits per heavy atom. The van der Waals surface area contributed by atoms with Gasteiger partial charge in [-0.1, -0.05) is 12.1 Å². The largest absolute Gasteiger partial charge is 0.480 e. The number of aliphatic hydroxyl groups is 2. The fourth-order valence-corrected chi connectivity index (χ4v) is 1.67. The summed E-state index contributed by atoms with van der Waals surface area (Å²) >= 11 is 0. The molecule has 1 rings (SSSR count). The molecule has 7 nitrogen and oxygen atoms in total. The Hall–Kier alpha value is -1.67. The molecular formula is C14H20O7. The maximum Gasteiger partial charge on any atom is 0.318 e. The van der Waals surface area contributed by atoms with Gasteiger partial charge in [0.2, 0.25) is 0 Å². The van der Waals surface area contributed by atoms with Gasteiger partial charge in [0, 0.05) is 7.11 Å². The smallest absolute Gasteiger partial charge is 0.318 e. The first-order chi connectivity index (χ1) is 10.1. The minimum absolute atomic E-state index is 0.0484. The van der Waals surface area contributed by atoms with Crippen LogP contribution in [0, 0.1) is 0 Å². The molecule has 0 aromatic heterocycles. The average molecular weight is 300 g/mol. The van der Waals surface area contributed by atoms with E-state index in [0.717, 1.165) is 0 Å². The molecule has 21 heavy (non-hydrogen) atoms. The van der Waals surface area contributed by atoms with Gasteiger partial charge < -0.3 is 29.5 Å². The summed E-state index contributed by atoms with van der Waals surface area (Å²) in [5.74, 6) is -0.796.